The number of benzene rings is 1. The van der Waals surface area contributed by atoms with Gasteiger partial charge in [-0.3, -0.25) is 0 Å². The fourth-order valence-electron chi connectivity index (χ4n) is 1.36. The summed E-state index contributed by atoms with van der Waals surface area (Å²) in [4.78, 5) is 3.60. The summed E-state index contributed by atoms with van der Waals surface area (Å²) in [6, 6.07) is 5.68. The van der Waals surface area contributed by atoms with Gasteiger partial charge in [-0.25, -0.2) is 18.5 Å². The van der Waals surface area contributed by atoms with Crippen molar-refractivity contribution in [3.63, 3.8) is 0 Å². The van der Waals surface area contributed by atoms with E-state index in [2.05, 4.69) is 20.9 Å². The number of aromatic nitrogens is 1. The van der Waals surface area contributed by atoms with Gasteiger partial charge in [0.1, 0.15) is 10.6 Å². The monoisotopic (exact) mass is 396 g/mol. The van der Waals surface area contributed by atoms with Crippen molar-refractivity contribution in [3.05, 3.63) is 45.0 Å². The first kappa shape index (κ1) is 15.5. The molecule has 2 aromatic rings. The molecule has 1 heterocycles. The Balaban J connectivity index is 2.49. The maximum Gasteiger partial charge on any atom is 0.243 e. The number of sulfonamides is 1. The predicted molar refractivity (Wildman–Crippen MR) is 79.8 cm³/mol. The Bertz CT molecular complexity index is 768. The van der Waals surface area contributed by atoms with Gasteiger partial charge in [-0.2, -0.15) is 0 Å². The fraction of sp³-hybridized carbons (Fsp3) is 0. The second kappa shape index (κ2) is 5.87. The first-order valence-corrected chi connectivity index (χ1v) is 8.19. The highest BCUT2D eigenvalue weighted by Gasteiger charge is 2.18. The highest BCUT2D eigenvalue weighted by Crippen LogP contribution is 2.37. The molecule has 2 rings (SSSR count). The van der Waals surface area contributed by atoms with E-state index in [4.69, 9.17) is 33.1 Å². The van der Waals surface area contributed by atoms with Crippen LogP contribution in [0.15, 0.2) is 39.8 Å². The van der Waals surface area contributed by atoms with Crippen molar-refractivity contribution < 1.29 is 13.2 Å². The van der Waals surface area contributed by atoms with E-state index in [1.807, 2.05) is 0 Å². The lowest BCUT2D eigenvalue weighted by atomic mass is 10.3. The molecule has 5 nitrogen and oxygen atoms in total. The van der Waals surface area contributed by atoms with Crippen molar-refractivity contribution in [1.82, 2.24) is 4.98 Å². The van der Waals surface area contributed by atoms with Crippen molar-refractivity contribution in [2.24, 2.45) is 5.14 Å². The van der Waals surface area contributed by atoms with Gasteiger partial charge < -0.3 is 4.74 Å². The summed E-state index contributed by atoms with van der Waals surface area (Å²) in [6.45, 7) is 0. The van der Waals surface area contributed by atoms with Gasteiger partial charge in [-0.1, -0.05) is 23.2 Å². The molecular weight excluding hydrogens is 391 g/mol. The van der Waals surface area contributed by atoms with E-state index in [1.54, 1.807) is 0 Å². The first-order valence-electron chi connectivity index (χ1n) is 5.09. The molecule has 0 atom stereocenters. The van der Waals surface area contributed by atoms with Crippen LogP contribution in [0, 0.1) is 0 Å². The highest BCUT2D eigenvalue weighted by molar-refractivity contribution is 9.10. The average molecular weight is 398 g/mol. The summed E-state index contributed by atoms with van der Waals surface area (Å²) >= 11 is 15.1. The highest BCUT2D eigenvalue weighted by atomic mass is 79.9. The third-order valence-corrected chi connectivity index (χ3v) is 4.64. The molecule has 0 unspecified atom stereocenters. The largest absolute Gasteiger partial charge is 0.436 e. The van der Waals surface area contributed by atoms with Gasteiger partial charge in [-0.05, 0) is 34.1 Å². The van der Waals surface area contributed by atoms with Gasteiger partial charge in [-0.15, -0.1) is 0 Å². The average Bonchev–Trinajstić information content (AvgIpc) is 2.35. The third kappa shape index (κ3) is 3.42. The Kier molecular flexibility index (Phi) is 4.55. The lowest BCUT2D eigenvalue weighted by Gasteiger charge is -2.10. The number of hydrogen-bond acceptors (Lipinski definition) is 4. The van der Waals surface area contributed by atoms with Gasteiger partial charge in [0, 0.05) is 16.7 Å². The van der Waals surface area contributed by atoms with Crippen LogP contribution in [0.4, 0.5) is 0 Å². The van der Waals surface area contributed by atoms with Crippen LogP contribution < -0.4 is 9.88 Å². The van der Waals surface area contributed by atoms with Crippen LogP contribution >= 0.6 is 39.1 Å². The summed E-state index contributed by atoms with van der Waals surface area (Å²) in [6.07, 6.45) is 1.37. The standard InChI is InChI=1S/C11H7BrCl2N2O3S/c12-6-4-8(14)9(5-7(6)13)19-11-10(20(15,17)18)2-1-3-16-11/h1-5H,(H2,15,17,18). The van der Waals surface area contributed by atoms with Crippen LogP contribution in [0.2, 0.25) is 10.0 Å². The molecule has 0 radical (unpaired) electrons. The number of nitrogens with zero attached hydrogens (tertiary/aromatic N) is 1. The molecule has 0 aliphatic rings. The molecule has 20 heavy (non-hydrogen) atoms. The number of nitrogens with two attached hydrogens (primary N) is 1. The second-order valence-electron chi connectivity index (χ2n) is 3.65. The third-order valence-electron chi connectivity index (χ3n) is 2.22. The van der Waals surface area contributed by atoms with Crippen LogP contribution in [0.1, 0.15) is 0 Å². The van der Waals surface area contributed by atoms with Crippen LogP contribution in [0.25, 0.3) is 0 Å². The lowest BCUT2D eigenvalue weighted by molar-refractivity contribution is 0.447. The summed E-state index contributed by atoms with van der Waals surface area (Å²) in [5.74, 6) is -0.00115. The SMILES string of the molecule is NS(=O)(=O)c1cccnc1Oc1cc(Cl)c(Br)cc1Cl. The van der Waals surface area contributed by atoms with Crippen molar-refractivity contribution in [3.8, 4) is 11.6 Å². The van der Waals surface area contributed by atoms with Crippen LogP contribution in [0.3, 0.4) is 0 Å². The number of primary sulfonamides is 1. The molecule has 106 valence electrons. The van der Waals surface area contributed by atoms with Gasteiger partial charge >= 0.3 is 0 Å². The molecule has 9 heteroatoms. The molecule has 1 aromatic carbocycles. The van der Waals surface area contributed by atoms with Crippen molar-refractivity contribution in [1.29, 1.82) is 0 Å². The minimum Gasteiger partial charge on any atom is -0.436 e. The molecule has 0 fully saturated rings. The van der Waals surface area contributed by atoms with E-state index in [1.165, 1.54) is 30.5 Å². The van der Waals surface area contributed by atoms with E-state index in [9.17, 15) is 8.42 Å². The molecule has 0 aliphatic carbocycles. The van der Waals surface area contributed by atoms with E-state index in [0.717, 1.165) is 0 Å². The minimum absolute atomic E-state index is 0.170. The predicted octanol–water partition coefficient (Wildman–Crippen LogP) is 3.59. The molecule has 0 spiro atoms. The van der Waals surface area contributed by atoms with Crippen LogP contribution in [0.5, 0.6) is 11.6 Å². The Labute approximate surface area is 133 Å². The minimum atomic E-state index is -3.96. The van der Waals surface area contributed by atoms with E-state index in [-0.39, 0.29) is 21.5 Å². The second-order valence-corrected chi connectivity index (χ2v) is 6.85. The van der Waals surface area contributed by atoms with Gasteiger partial charge in [0.05, 0.1) is 10.0 Å². The smallest absolute Gasteiger partial charge is 0.243 e. The summed E-state index contributed by atoms with van der Waals surface area (Å²) in [7, 11) is -3.96. The molecule has 0 aliphatic heterocycles. The number of rotatable bonds is 3. The summed E-state index contributed by atoms with van der Waals surface area (Å²) in [5.41, 5.74) is 0. The van der Waals surface area contributed by atoms with E-state index >= 15 is 0 Å². The molecule has 0 amide bonds. The number of halogens is 3. The normalized spacial score (nSPS) is 11.4. The van der Waals surface area contributed by atoms with Gasteiger partial charge in [0.25, 0.3) is 0 Å². The maximum atomic E-state index is 11.4. The van der Waals surface area contributed by atoms with Gasteiger partial charge in [0.15, 0.2) is 0 Å². The Morgan fingerprint density at radius 2 is 1.95 bits per heavy atom. The van der Waals surface area contributed by atoms with Crippen molar-refractivity contribution >= 4 is 49.2 Å². The van der Waals surface area contributed by atoms with Crippen LogP contribution in [-0.2, 0) is 10.0 Å². The zero-order chi connectivity index (χ0) is 14.9. The molecular formula is C11H7BrCl2N2O3S. The van der Waals surface area contributed by atoms with Gasteiger partial charge in [0.2, 0.25) is 15.9 Å². The van der Waals surface area contributed by atoms with Crippen molar-refractivity contribution in [2.75, 3.05) is 0 Å². The quantitative estimate of drug-likeness (QED) is 0.802. The fourth-order valence-corrected chi connectivity index (χ4v) is 2.79. The van der Waals surface area contributed by atoms with E-state index in [0.29, 0.717) is 9.50 Å². The lowest BCUT2D eigenvalue weighted by Crippen LogP contribution is -2.13. The zero-order valence-corrected chi connectivity index (χ0v) is 13.6. The van der Waals surface area contributed by atoms with E-state index < -0.39 is 10.0 Å². The zero-order valence-electron chi connectivity index (χ0n) is 9.68. The van der Waals surface area contributed by atoms with Crippen molar-refractivity contribution in [2.45, 2.75) is 4.90 Å². The molecule has 2 N–H and O–H groups in total. The number of pyridine rings is 1. The molecule has 0 saturated heterocycles. The molecule has 1 aromatic heterocycles. The topological polar surface area (TPSA) is 82.3 Å². The maximum absolute atomic E-state index is 11.4. The Hall–Kier alpha value is -0.860. The molecule has 0 bridgehead atoms. The van der Waals surface area contributed by atoms with Crippen LogP contribution in [-0.4, -0.2) is 13.4 Å². The number of hydrogen-bond donors (Lipinski definition) is 1. The Morgan fingerprint density at radius 3 is 2.60 bits per heavy atom. The summed E-state index contributed by atoms with van der Waals surface area (Å²) in [5, 5.41) is 5.69. The first-order chi connectivity index (χ1) is 9.29. The summed E-state index contributed by atoms with van der Waals surface area (Å²) < 4.78 is 28.9. The Morgan fingerprint density at radius 1 is 1.25 bits per heavy atom. The number of ether oxygens (including phenoxy) is 1. The molecule has 0 saturated carbocycles.